The number of carbonyl (C=O) groups is 2. The van der Waals surface area contributed by atoms with Crippen molar-refractivity contribution in [3.05, 3.63) is 54.1 Å². The third kappa shape index (κ3) is 5.79. The zero-order valence-corrected chi connectivity index (χ0v) is 19.3. The number of methoxy groups -OCH3 is 1. The highest BCUT2D eigenvalue weighted by Gasteiger charge is 2.29. The second kappa shape index (κ2) is 10.0. The molecule has 1 atom stereocenters. The smallest absolute Gasteiger partial charge is 0.262 e. The van der Waals surface area contributed by atoms with Crippen molar-refractivity contribution in [2.24, 2.45) is 5.92 Å². The molecule has 0 aliphatic carbocycles. The molecular weight excluding hydrogens is 430 g/mol. The van der Waals surface area contributed by atoms with Crippen LogP contribution in [-0.2, 0) is 14.8 Å². The Hall–Kier alpha value is -3.07. The van der Waals surface area contributed by atoms with E-state index in [9.17, 15) is 18.0 Å². The Bertz CT molecular complexity index is 1070. The lowest BCUT2D eigenvalue weighted by Gasteiger charge is -2.32. The van der Waals surface area contributed by atoms with E-state index in [0.717, 1.165) is 12.8 Å². The van der Waals surface area contributed by atoms with E-state index in [-0.39, 0.29) is 28.7 Å². The molecule has 0 radical (unpaired) electrons. The number of nitrogens with one attached hydrogen (secondary N) is 2. The third-order valence-electron chi connectivity index (χ3n) is 5.25. The van der Waals surface area contributed by atoms with Crippen LogP contribution in [0.25, 0.3) is 0 Å². The van der Waals surface area contributed by atoms with Crippen LogP contribution < -0.4 is 14.8 Å². The molecule has 9 heteroatoms. The Kier molecular flexibility index (Phi) is 7.40. The van der Waals surface area contributed by atoms with Gasteiger partial charge in [-0.05, 0) is 63.1 Å². The van der Waals surface area contributed by atoms with Gasteiger partial charge < -0.3 is 15.0 Å². The monoisotopic (exact) mass is 459 g/mol. The van der Waals surface area contributed by atoms with Crippen LogP contribution in [0.1, 0.15) is 37.0 Å². The van der Waals surface area contributed by atoms with Gasteiger partial charge in [-0.2, -0.15) is 0 Å². The van der Waals surface area contributed by atoms with Crippen LogP contribution >= 0.6 is 0 Å². The molecule has 1 aliphatic rings. The summed E-state index contributed by atoms with van der Waals surface area (Å²) in [4.78, 5) is 27.0. The van der Waals surface area contributed by atoms with Gasteiger partial charge in [0.1, 0.15) is 5.75 Å². The van der Waals surface area contributed by atoms with E-state index in [1.54, 1.807) is 41.3 Å². The van der Waals surface area contributed by atoms with Gasteiger partial charge in [-0.1, -0.05) is 6.07 Å². The summed E-state index contributed by atoms with van der Waals surface area (Å²) in [5, 5.41) is 2.91. The van der Waals surface area contributed by atoms with Gasteiger partial charge in [-0.3, -0.25) is 14.3 Å². The van der Waals surface area contributed by atoms with Gasteiger partial charge in [0.05, 0.1) is 17.9 Å². The maximum absolute atomic E-state index is 12.9. The Balaban J connectivity index is 1.67. The van der Waals surface area contributed by atoms with Gasteiger partial charge in [0, 0.05) is 36.4 Å². The maximum Gasteiger partial charge on any atom is 0.262 e. The number of amides is 2. The molecule has 1 aliphatic heterocycles. The lowest BCUT2D eigenvalue weighted by molar-refractivity contribution is -0.126. The SMILES string of the molecule is COc1cccc(S(=O)(=O)Nc2ccc(C(=O)N3CCCC(C(=O)NC(C)C)C3)cc2)c1. The normalized spacial score (nSPS) is 16.5. The first kappa shape index (κ1) is 23.6. The molecule has 2 aromatic rings. The number of hydrogen-bond donors (Lipinski definition) is 2. The fourth-order valence-electron chi connectivity index (χ4n) is 3.62. The van der Waals surface area contributed by atoms with Crippen LogP contribution in [0.4, 0.5) is 5.69 Å². The minimum absolute atomic E-state index is 0.0280. The summed E-state index contributed by atoms with van der Waals surface area (Å²) < 4.78 is 32.9. The average molecular weight is 460 g/mol. The second-order valence-electron chi connectivity index (χ2n) is 8.12. The molecule has 0 bridgehead atoms. The summed E-state index contributed by atoms with van der Waals surface area (Å²) >= 11 is 0. The van der Waals surface area contributed by atoms with Crippen LogP contribution in [0.5, 0.6) is 5.75 Å². The van der Waals surface area contributed by atoms with Crippen molar-refractivity contribution in [2.45, 2.75) is 37.6 Å². The minimum atomic E-state index is -3.80. The number of likely N-dealkylation sites (tertiary alicyclic amines) is 1. The Labute approximate surface area is 189 Å². The standard InChI is InChI=1S/C23H29N3O5S/c1-16(2)24-22(27)18-6-5-13-26(15-18)23(28)17-9-11-19(12-10-17)25-32(29,30)21-8-4-7-20(14-21)31-3/h4,7-12,14,16,18,25H,5-6,13,15H2,1-3H3,(H,24,27). The molecule has 1 heterocycles. The van der Waals surface area contributed by atoms with Gasteiger partial charge in [-0.15, -0.1) is 0 Å². The van der Waals surface area contributed by atoms with Crippen molar-refractivity contribution in [3.63, 3.8) is 0 Å². The zero-order valence-electron chi connectivity index (χ0n) is 18.5. The molecule has 3 rings (SSSR count). The summed E-state index contributed by atoms with van der Waals surface area (Å²) in [5.41, 5.74) is 0.788. The van der Waals surface area contributed by atoms with Crippen molar-refractivity contribution in [1.29, 1.82) is 0 Å². The largest absolute Gasteiger partial charge is 0.497 e. The van der Waals surface area contributed by atoms with Crippen molar-refractivity contribution in [3.8, 4) is 5.75 Å². The number of nitrogens with zero attached hydrogens (tertiary/aromatic N) is 1. The number of carbonyl (C=O) groups excluding carboxylic acids is 2. The molecule has 32 heavy (non-hydrogen) atoms. The molecule has 0 aromatic heterocycles. The van der Waals surface area contributed by atoms with Gasteiger partial charge in [0.2, 0.25) is 5.91 Å². The molecule has 2 aromatic carbocycles. The van der Waals surface area contributed by atoms with Crippen molar-refractivity contribution in [2.75, 3.05) is 24.9 Å². The van der Waals surface area contributed by atoms with E-state index < -0.39 is 10.0 Å². The van der Waals surface area contributed by atoms with Crippen LogP contribution in [0.2, 0.25) is 0 Å². The van der Waals surface area contributed by atoms with E-state index in [0.29, 0.717) is 30.1 Å². The number of hydrogen-bond acceptors (Lipinski definition) is 5. The topological polar surface area (TPSA) is 105 Å². The fourth-order valence-corrected chi connectivity index (χ4v) is 4.72. The van der Waals surface area contributed by atoms with Gasteiger partial charge in [-0.25, -0.2) is 8.42 Å². The summed E-state index contributed by atoms with van der Waals surface area (Å²) in [6, 6.07) is 12.5. The first-order valence-electron chi connectivity index (χ1n) is 10.6. The van der Waals surface area contributed by atoms with E-state index in [2.05, 4.69) is 10.0 Å². The molecule has 1 unspecified atom stereocenters. The lowest BCUT2D eigenvalue weighted by Crippen LogP contribution is -2.46. The molecule has 8 nitrogen and oxygen atoms in total. The van der Waals surface area contributed by atoms with Gasteiger partial charge in [0.15, 0.2) is 0 Å². The Morgan fingerprint density at radius 1 is 1.12 bits per heavy atom. The second-order valence-corrected chi connectivity index (χ2v) is 9.80. The highest BCUT2D eigenvalue weighted by Crippen LogP contribution is 2.22. The number of rotatable bonds is 7. The summed E-state index contributed by atoms with van der Waals surface area (Å²) in [6.45, 7) is 4.79. The fraction of sp³-hybridized carbons (Fsp3) is 0.391. The summed E-state index contributed by atoms with van der Waals surface area (Å²) in [5.74, 6) is 0.0221. The van der Waals surface area contributed by atoms with Crippen LogP contribution in [0, 0.1) is 5.92 Å². The predicted molar refractivity (Wildman–Crippen MR) is 122 cm³/mol. The molecular formula is C23H29N3O5S. The first-order chi connectivity index (χ1) is 15.2. The van der Waals surface area contributed by atoms with E-state index in [1.165, 1.54) is 19.2 Å². The molecule has 0 spiro atoms. The van der Waals surface area contributed by atoms with E-state index in [1.807, 2.05) is 13.8 Å². The number of sulfonamides is 1. The lowest BCUT2D eigenvalue weighted by atomic mass is 9.96. The maximum atomic E-state index is 12.9. The predicted octanol–water partition coefficient (Wildman–Crippen LogP) is 2.87. The highest BCUT2D eigenvalue weighted by atomic mass is 32.2. The third-order valence-corrected chi connectivity index (χ3v) is 6.62. The minimum Gasteiger partial charge on any atom is -0.497 e. The number of benzene rings is 2. The van der Waals surface area contributed by atoms with Crippen molar-refractivity contribution >= 4 is 27.5 Å². The highest BCUT2D eigenvalue weighted by molar-refractivity contribution is 7.92. The molecule has 2 N–H and O–H groups in total. The van der Waals surface area contributed by atoms with E-state index >= 15 is 0 Å². The Morgan fingerprint density at radius 2 is 1.84 bits per heavy atom. The van der Waals surface area contributed by atoms with Crippen molar-refractivity contribution < 1.29 is 22.7 Å². The van der Waals surface area contributed by atoms with Gasteiger partial charge in [0.25, 0.3) is 15.9 Å². The Morgan fingerprint density at radius 3 is 2.50 bits per heavy atom. The average Bonchev–Trinajstić information content (AvgIpc) is 2.78. The molecule has 2 amide bonds. The summed E-state index contributed by atoms with van der Waals surface area (Å²) in [6.07, 6.45) is 1.52. The number of anilines is 1. The number of piperidine rings is 1. The summed E-state index contributed by atoms with van der Waals surface area (Å²) in [7, 11) is -2.33. The number of ether oxygens (including phenoxy) is 1. The quantitative estimate of drug-likeness (QED) is 0.663. The van der Waals surface area contributed by atoms with E-state index in [4.69, 9.17) is 4.74 Å². The van der Waals surface area contributed by atoms with Crippen LogP contribution in [0.3, 0.4) is 0 Å². The molecule has 1 fully saturated rings. The van der Waals surface area contributed by atoms with Crippen LogP contribution in [0.15, 0.2) is 53.4 Å². The van der Waals surface area contributed by atoms with Gasteiger partial charge >= 0.3 is 0 Å². The molecule has 1 saturated heterocycles. The van der Waals surface area contributed by atoms with Crippen LogP contribution in [-0.4, -0.2) is 51.4 Å². The molecule has 0 saturated carbocycles. The zero-order chi connectivity index (χ0) is 23.3. The first-order valence-corrected chi connectivity index (χ1v) is 12.0. The van der Waals surface area contributed by atoms with Crippen molar-refractivity contribution in [1.82, 2.24) is 10.2 Å². The molecule has 172 valence electrons.